The SMILES string of the molecule is COc1cnc(-c2ncccn2)nc1N1CCN(c2nc(C)c(C)s2)CC1. The second-order valence-electron chi connectivity index (χ2n) is 6.27. The number of aromatic nitrogens is 5. The molecule has 0 bridgehead atoms. The number of hydrogen-bond acceptors (Lipinski definition) is 9. The van der Waals surface area contributed by atoms with Gasteiger partial charge in [0.15, 0.2) is 28.3 Å². The van der Waals surface area contributed by atoms with Crippen LogP contribution in [0.1, 0.15) is 10.6 Å². The zero-order valence-electron chi connectivity index (χ0n) is 15.6. The number of methoxy groups -OCH3 is 1. The quantitative estimate of drug-likeness (QED) is 0.679. The predicted octanol–water partition coefficient (Wildman–Crippen LogP) is 2.34. The lowest BCUT2D eigenvalue weighted by atomic mass is 10.3. The van der Waals surface area contributed by atoms with Gasteiger partial charge in [-0.2, -0.15) is 0 Å². The lowest BCUT2D eigenvalue weighted by molar-refractivity contribution is 0.409. The summed E-state index contributed by atoms with van der Waals surface area (Å²) in [6, 6.07) is 1.77. The van der Waals surface area contributed by atoms with Crippen LogP contribution in [0.2, 0.25) is 0 Å². The molecule has 8 nitrogen and oxygen atoms in total. The first-order valence-corrected chi connectivity index (χ1v) is 9.59. The highest BCUT2D eigenvalue weighted by Crippen LogP contribution is 2.30. The minimum atomic E-state index is 0.500. The van der Waals surface area contributed by atoms with Crippen LogP contribution in [0.3, 0.4) is 0 Å². The number of nitrogens with zero attached hydrogens (tertiary/aromatic N) is 7. The van der Waals surface area contributed by atoms with E-state index in [1.165, 1.54) is 4.88 Å². The van der Waals surface area contributed by atoms with Gasteiger partial charge in [-0.25, -0.2) is 24.9 Å². The summed E-state index contributed by atoms with van der Waals surface area (Å²) in [5.41, 5.74) is 1.11. The third kappa shape index (κ3) is 3.55. The van der Waals surface area contributed by atoms with Crippen molar-refractivity contribution in [1.29, 1.82) is 0 Å². The molecule has 0 saturated carbocycles. The molecule has 140 valence electrons. The summed E-state index contributed by atoms with van der Waals surface area (Å²) in [6.45, 7) is 7.61. The van der Waals surface area contributed by atoms with Gasteiger partial charge in [0.1, 0.15) is 0 Å². The Hall–Kier alpha value is -2.81. The van der Waals surface area contributed by atoms with Gasteiger partial charge in [0.2, 0.25) is 0 Å². The highest BCUT2D eigenvalue weighted by atomic mass is 32.1. The summed E-state index contributed by atoms with van der Waals surface area (Å²) < 4.78 is 5.49. The lowest BCUT2D eigenvalue weighted by Crippen LogP contribution is -2.47. The van der Waals surface area contributed by atoms with Gasteiger partial charge >= 0.3 is 0 Å². The van der Waals surface area contributed by atoms with Gasteiger partial charge in [0, 0.05) is 43.4 Å². The van der Waals surface area contributed by atoms with Crippen molar-refractivity contribution in [3.05, 3.63) is 35.2 Å². The maximum Gasteiger partial charge on any atom is 0.199 e. The molecule has 0 aliphatic carbocycles. The highest BCUT2D eigenvalue weighted by Gasteiger charge is 2.24. The molecule has 0 aromatic carbocycles. The van der Waals surface area contributed by atoms with E-state index in [1.54, 1.807) is 43.1 Å². The van der Waals surface area contributed by atoms with Gasteiger partial charge in [-0.15, -0.1) is 11.3 Å². The molecule has 4 rings (SSSR count). The first-order chi connectivity index (χ1) is 13.2. The third-order valence-electron chi connectivity index (χ3n) is 4.59. The number of aryl methyl sites for hydroxylation is 2. The van der Waals surface area contributed by atoms with E-state index >= 15 is 0 Å². The lowest BCUT2D eigenvalue weighted by Gasteiger charge is -2.35. The molecule has 9 heteroatoms. The smallest absolute Gasteiger partial charge is 0.199 e. The minimum absolute atomic E-state index is 0.500. The van der Waals surface area contributed by atoms with Crippen molar-refractivity contribution < 1.29 is 4.74 Å². The fraction of sp³-hybridized carbons (Fsp3) is 0.389. The third-order valence-corrected chi connectivity index (χ3v) is 5.72. The van der Waals surface area contributed by atoms with Crippen molar-refractivity contribution in [2.45, 2.75) is 13.8 Å². The highest BCUT2D eigenvalue weighted by molar-refractivity contribution is 7.15. The average Bonchev–Trinajstić information content (AvgIpc) is 3.07. The molecular weight excluding hydrogens is 362 g/mol. The van der Waals surface area contributed by atoms with Crippen LogP contribution >= 0.6 is 11.3 Å². The van der Waals surface area contributed by atoms with Crippen molar-refractivity contribution in [2.75, 3.05) is 43.1 Å². The first-order valence-electron chi connectivity index (χ1n) is 8.78. The zero-order chi connectivity index (χ0) is 18.8. The van der Waals surface area contributed by atoms with Crippen LogP contribution in [0.15, 0.2) is 24.7 Å². The number of anilines is 2. The minimum Gasteiger partial charge on any atom is -0.491 e. The maximum absolute atomic E-state index is 5.49. The number of thiazole rings is 1. The van der Waals surface area contributed by atoms with Gasteiger partial charge in [0.05, 0.1) is 19.0 Å². The van der Waals surface area contributed by atoms with Gasteiger partial charge < -0.3 is 14.5 Å². The van der Waals surface area contributed by atoms with E-state index in [9.17, 15) is 0 Å². The Labute approximate surface area is 161 Å². The molecule has 1 aliphatic rings. The molecule has 4 heterocycles. The van der Waals surface area contributed by atoms with Crippen molar-refractivity contribution in [2.24, 2.45) is 0 Å². The van der Waals surface area contributed by atoms with Gasteiger partial charge in [-0.1, -0.05) is 0 Å². The fourth-order valence-electron chi connectivity index (χ4n) is 2.96. The Morgan fingerprint density at radius 2 is 1.63 bits per heavy atom. The van der Waals surface area contributed by atoms with E-state index in [0.29, 0.717) is 17.4 Å². The van der Waals surface area contributed by atoms with E-state index in [4.69, 9.17) is 4.74 Å². The molecular formula is C18H21N7OS. The Bertz CT molecular complexity index is 903. The topological polar surface area (TPSA) is 80.2 Å². The summed E-state index contributed by atoms with van der Waals surface area (Å²) in [6.07, 6.45) is 5.06. The monoisotopic (exact) mass is 383 g/mol. The van der Waals surface area contributed by atoms with Crippen molar-refractivity contribution in [3.63, 3.8) is 0 Å². The first kappa shape index (κ1) is 17.6. The van der Waals surface area contributed by atoms with Crippen LogP contribution in [-0.4, -0.2) is 58.2 Å². The van der Waals surface area contributed by atoms with E-state index in [-0.39, 0.29) is 0 Å². The normalized spacial score (nSPS) is 14.5. The molecule has 0 amide bonds. The van der Waals surface area contributed by atoms with Gasteiger partial charge in [-0.3, -0.25) is 0 Å². The summed E-state index contributed by atoms with van der Waals surface area (Å²) in [4.78, 5) is 28.0. The summed E-state index contributed by atoms with van der Waals surface area (Å²) in [5, 5.41) is 1.10. The Morgan fingerprint density at radius 1 is 0.926 bits per heavy atom. The molecule has 1 fully saturated rings. The van der Waals surface area contributed by atoms with Crippen LogP contribution < -0.4 is 14.5 Å². The Morgan fingerprint density at radius 3 is 2.26 bits per heavy atom. The van der Waals surface area contributed by atoms with E-state index in [2.05, 4.69) is 48.6 Å². The second kappa shape index (κ2) is 7.43. The van der Waals surface area contributed by atoms with E-state index in [1.807, 2.05) is 0 Å². The molecule has 1 saturated heterocycles. The summed E-state index contributed by atoms with van der Waals surface area (Å²) in [7, 11) is 1.64. The van der Waals surface area contributed by atoms with Crippen LogP contribution in [0, 0.1) is 13.8 Å². The van der Waals surface area contributed by atoms with Crippen LogP contribution in [0.25, 0.3) is 11.6 Å². The Kier molecular flexibility index (Phi) is 4.85. The van der Waals surface area contributed by atoms with Crippen molar-refractivity contribution >= 4 is 22.3 Å². The van der Waals surface area contributed by atoms with E-state index in [0.717, 1.165) is 42.8 Å². The number of rotatable bonds is 4. The second-order valence-corrected chi connectivity index (χ2v) is 7.45. The van der Waals surface area contributed by atoms with Crippen LogP contribution in [-0.2, 0) is 0 Å². The molecule has 0 atom stereocenters. The molecule has 27 heavy (non-hydrogen) atoms. The van der Waals surface area contributed by atoms with Crippen molar-refractivity contribution in [1.82, 2.24) is 24.9 Å². The Balaban J connectivity index is 1.55. The molecule has 1 aliphatic heterocycles. The molecule has 3 aromatic heterocycles. The number of piperazine rings is 1. The number of ether oxygens (including phenoxy) is 1. The standard InChI is InChI=1S/C18H21N7OS/c1-12-13(2)27-18(22-12)25-9-7-24(8-10-25)17-14(26-3)11-21-16(23-17)15-19-5-4-6-20-15/h4-6,11H,7-10H2,1-3H3. The fourth-order valence-corrected chi connectivity index (χ4v) is 3.92. The molecule has 0 spiro atoms. The molecule has 0 N–H and O–H groups in total. The van der Waals surface area contributed by atoms with Gasteiger partial charge in [0.25, 0.3) is 0 Å². The zero-order valence-corrected chi connectivity index (χ0v) is 16.4. The maximum atomic E-state index is 5.49. The predicted molar refractivity (Wildman–Crippen MR) is 106 cm³/mol. The summed E-state index contributed by atoms with van der Waals surface area (Å²) in [5.74, 6) is 2.44. The molecule has 3 aromatic rings. The van der Waals surface area contributed by atoms with Crippen molar-refractivity contribution in [3.8, 4) is 17.4 Å². The van der Waals surface area contributed by atoms with Crippen LogP contribution in [0.5, 0.6) is 5.75 Å². The summed E-state index contributed by atoms with van der Waals surface area (Å²) >= 11 is 1.75. The van der Waals surface area contributed by atoms with Gasteiger partial charge in [-0.05, 0) is 19.9 Å². The number of hydrogen-bond donors (Lipinski definition) is 0. The van der Waals surface area contributed by atoms with Crippen LogP contribution in [0.4, 0.5) is 10.9 Å². The molecule has 0 radical (unpaired) electrons. The molecule has 0 unspecified atom stereocenters. The average molecular weight is 383 g/mol. The van der Waals surface area contributed by atoms with E-state index < -0.39 is 0 Å². The largest absolute Gasteiger partial charge is 0.491 e.